The number of methoxy groups -OCH3 is 1. The first-order chi connectivity index (χ1) is 19.8. The number of alkyl carbamates (subject to hydrolysis) is 1. The number of imidazole rings is 1. The van der Waals surface area contributed by atoms with Gasteiger partial charge in [0.1, 0.15) is 12.2 Å². The fraction of sp³-hybridized carbons (Fsp3) is 0.400. The summed E-state index contributed by atoms with van der Waals surface area (Å²) in [5.41, 5.74) is 7.23. The molecule has 2 atom stereocenters. The quantitative estimate of drug-likeness (QED) is 0.280. The van der Waals surface area contributed by atoms with E-state index in [4.69, 9.17) is 26.8 Å². The summed E-state index contributed by atoms with van der Waals surface area (Å²) in [7, 11) is 1.24. The highest BCUT2D eigenvalue weighted by Gasteiger charge is 2.35. The van der Waals surface area contributed by atoms with Crippen molar-refractivity contribution in [3.05, 3.63) is 34.6 Å². The molecule has 0 spiro atoms. The number of aromatic nitrogens is 4. The van der Waals surface area contributed by atoms with E-state index in [2.05, 4.69) is 43.2 Å². The van der Waals surface area contributed by atoms with Crippen molar-refractivity contribution >= 4 is 52.5 Å². The van der Waals surface area contributed by atoms with E-state index >= 15 is 0 Å². The van der Waals surface area contributed by atoms with Gasteiger partial charge in [0.05, 0.1) is 60.5 Å². The number of hydrogen-bond donors (Lipinski definition) is 4. The Labute approximate surface area is 239 Å². The molecule has 1 aromatic carbocycles. The van der Waals surface area contributed by atoms with Crippen molar-refractivity contribution in [1.82, 2.24) is 24.9 Å². The van der Waals surface area contributed by atoms with Gasteiger partial charge < -0.3 is 36.1 Å². The van der Waals surface area contributed by atoms with E-state index in [1.54, 1.807) is 12.1 Å². The number of ether oxygens (including phenoxy) is 2. The van der Waals surface area contributed by atoms with Gasteiger partial charge in [-0.2, -0.15) is 20.0 Å². The standard InChI is InChI=1S/C25H26ClN11O4/c1-40-25(39)33-16-4-5-36(12-19(16)41-20(38)10-29)18-7-13(8-27)6-17(21(18)26)32-24-34-22(31-14-2-3-14)23-30-11-15(9-28)37(23)35-24/h6-7,11,14,16,19H,2-5,10,12,29H2,1H3,(H,33,39)(H2,31,32,34,35)/t16-,19-/m1/s1. The van der Waals surface area contributed by atoms with E-state index in [0.717, 1.165) is 12.8 Å². The minimum atomic E-state index is -0.760. The third-order valence-electron chi connectivity index (χ3n) is 6.66. The number of piperidine rings is 1. The van der Waals surface area contributed by atoms with Crippen LogP contribution in [-0.2, 0) is 14.3 Å². The Morgan fingerprint density at radius 1 is 1.24 bits per heavy atom. The lowest BCUT2D eigenvalue weighted by Gasteiger charge is -2.39. The van der Waals surface area contributed by atoms with Crippen LogP contribution in [0.3, 0.4) is 0 Å². The number of hydrogen-bond acceptors (Lipinski definition) is 13. The molecular formula is C25H26ClN11O4. The molecule has 0 bridgehead atoms. The molecule has 0 radical (unpaired) electrons. The molecule has 41 heavy (non-hydrogen) atoms. The molecule has 15 nitrogen and oxygen atoms in total. The van der Waals surface area contributed by atoms with Gasteiger partial charge in [-0.1, -0.05) is 11.6 Å². The van der Waals surface area contributed by atoms with Crippen molar-refractivity contribution in [3.8, 4) is 12.1 Å². The van der Waals surface area contributed by atoms with Gasteiger partial charge in [0.15, 0.2) is 17.2 Å². The van der Waals surface area contributed by atoms with E-state index in [0.29, 0.717) is 41.4 Å². The van der Waals surface area contributed by atoms with Crippen LogP contribution in [0.4, 0.5) is 27.9 Å². The van der Waals surface area contributed by atoms with E-state index < -0.39 is 24.2 Å². The maximum absolute atomic E-state index is 12.0. The predicted octanol–water partition coefficient (Wildman–Crippen LogP) is 1.64. The van der Waals surface area contributed by atoms with Crippen LogP contribution in [-0.4, -0.2) is 76.6 Å². The van der Waals surface area contributed by atoms with Crippen molar-refractivity contribution in [2.75, 3.05) is 42.3 Å². The second kappa shape index (κ2) is 11.7. The van der Waals surface area contributed by atoms with Crippen LogP contribution in [0.5, 0.6) is 0 Å². The Bertz CT molecular complexity index is 1580. The van der Waals surface area contributed by atoms with Crippen molar-refractivity contribution < 1.29 is 19.1 Å². The van der Waals surface area contributed by atoms with E-state index in [-0.39, 0.29) is 35.8 Å². The number of fused-ring (bicyclic) bond motifs is 1. The zero-order chi connectivity index (χ0) is 29.1. The summed E-state index contributed by atoms with van der Waals surface area (Å²) in [5.74, 6) is -0.0370. The summed E-state index contributed by atoms with van der Waals surface area (Å²) in [4.78, 5) is 34.6. The molecule has 3 heterocycles. The van der Waals surface area contributed by atoms with Gasteiger partial charge in [-0.25, -0.2) is 9.78 Å². The van der Waals surface area contributed by atoms with Crippen LogP contribution in [0.2, 0.25) is 5.02 Å². The lowest BCUT2D eigenvalue weighted by Crippen LogP contribution is -2.56. The van der Waals surface area contributed by atoms with Gasteiger partial charge in [0, 0.05) is 12.6 Å². The molecule has 0 unspecified atom stereocenters. The molecule has 16 heteroatoms. The predicted molar refractivity (Wildman–Crippen MR) is 147 cm³/mol. The smallest absolute Gasteiger partial charge is 0.407 e. The number of nitrogens with zero attached hydrogens (tertiary/aromatic N) is 7. The lowest BCUT2D eigenvalue weighted by molar-refractivity contribution is -0.148. The van der Waals surface area contributed by atoms with E-state index in [1.165, 1.54) is 17.8 Å². The molecule has 2 fully saturated rings. The maximum Gasteiger partial charge on any atom is 0.407 e. The SMILES string of the molecule is COC(=O)N[C@@H]1CCN(c2cc(C#N)cc(Nc3nc(NC4CC4)c4ncc(C#N)n4n3)c2Cl)C[C@H]1OC(=O)CN. The van der Waals surface area contributed by atoms with Crippen LogP contribution >= 0.6 is 11.6 Å². The second-order valence-corrected chi connectivity index (χ2v) is 9.87. The maximum atomic E-state index is 12.0. The lowest BCUT2D eigenvalue weighted by atomic mass is 10.0. The van der Waals surface area contributed by atoms with Gasteiger partial charge in [0.2, 0.25) is 5.95 Å². The molecule has 1 amide bonds. The van der Waals surface area contributed by atoms with Gasteiger partial charge in [-0.3, -0.25) is 4.79 Å². The summed E-state index contributed by atoms with van der Waals surface area (Å²) in [5, 5.41) is 33.0. The summed E-state index contributed by atoms with van der Waals surface area (Å²) in [6.07, 6.45) is 2.39. The number of rotatable bonds is 8. The Balaban J connectivity index is 1.47. The molecular weight excluding hydrogens is 554 g/mol. The monoisotopic (exact) mass is 579 g/mol. The third kappa shape index (κ3) is 6.01. The molecule has 2 aromatic heterocycles. The van der Waals surface area contributed by atoms with Gasteiger partial charge in [-0.05, 0) is 31.4 Å². The third-order valence-corrected chi connectivity index (χ3v) is 7.06. The van der Waals surface area contributed by atoms with E-state index in [9.17, 15) is 20.1 Å². The van der Waals surface area contributed by atoms with Gasteiger partial charge >= 0.3 is 12.1 Å². The number of benzene rings is 1. The Morgan fingerprint density at radius 2 is 2.05 bits per heavy atom. The Morgan fingerprint density at radius 3 is 2.73 bits per heavy atom. The second-order valence-electron chi connectivity index (χ2n) is 9.50. The van der Waals surface area contributed by atoms with Crippen molar-refractivity contribution in [2.24, 2.45) is 5.73 Å². The number of nitriles is 2. The van der Waals surface area contributed by atoms with Gasteiger partial charge in [0.25, 0.3) is 0 Å². The van der Waals surface area contributed by atoms with Crippen molar-refractivity contribution in [3.63, 3.8) is 0 Å². The zero-order valence-electron chi connectivity index (χ0n) is 21.9. The highest BCUT2D eigenvalue weighted by molar-refractivity contribution is 6.36. The normalized spacial score (nSPS) is 18.2. The van der Waals surface area contributed by atoms with Crippen LogP contribution in [0.25, 0.3) is 5.65 Å². The largest absolute Gasteiger partial charge is 0.457 e. The number of carbonyl (C=O) groups is 2. The minimum Gasteiger partial charge on any atom is -0.457 e. The number of anilines is 4. The number of nitrogens with one attached hydrogen (secondary N) is 3. The molecule has 1 aliphatic carbocycles. The summed E-state index contributed by atoms with van der Waals surface area (Å²) >= 11 is 6.86. The highest BCUT2D eigenvalue weighted by atomic mass is 35.5. The Hall–Kier alpha value is -4.86. The average Bonchev–Trinajstić information content (AvgIpc) is 3.70. The average molecular weight is 580 g/mol. The summed E-state index contributed by atoms with van der Waals surface area (Å²) in [6, 6.07) is 7.12. The molecule has 1 saturated carbocycles. The van der Waals surface area contributed by atoms with Crippen LogP contribution < -0.4 is 26.6 Å². The number of esters is 1. The number of carbonyl (C=O) groups excluding carboxylic acids is 2. The zero-order valence-corrected chi connectivity index (χ0v) is 22.7. The highest BCUT2D eigenvalue weighted by Crippen LogP contribution is 2.37. The molecule has 212 valence electrons. The summed E-state index contributed by atoms with van der Waals surface area (Å²) in [6.45, 7) is 0.247. The van der Waals surface area contributed by atoms with Crippen molar-refractivity contribution in [2.45, 2.75) is 37.5 Å². The molecule has 1 saturated heterocycles. The van der Waals surface area contributed by atoms with Crippen LogP contribution in [0, 0.1) is 22.7 Å². The number of nitrogens with two attached hydrogens (primary N) is 1. The molecule has 5 rings (SSSR count). The minimum absolute atomic E-state index is 0.133. The topological polar surface area (TPSA) is 209 Å². The van der Waals surface area contributed by atoms with E-state index in [1.807, 2.05) is 4.90 Å². The van der Waals surface area contributed by atoms with Crippen molar-refractivity contribution in [1.29, 1.82) is 10.5 Å². The Kier molecular flexibility index (Phi) is 7.91. The fourth-order valence-electron chi connectivity index (χ4n) is 4.49. The first kappa shape index (κ1) is 27.7. The molecule has 3 aromatic rings. The molecule has 5 N–H and O–H groups in total. The van der Waals surface area contributed by atoms with Crippen LogP contribution in [0.15, 0.2) is 18.3 Å². The van der Waals surface area contributed by atoms with Gasteiger partial charge in [-0.15, -0.1) is 5.10 Å². The first-order valence-electron chi connectivity index (χ1n) is 12.8. The molecule has 2 aliphatic rings. The first-order valence-corrected chi connectivity index (χ1v) is 13.1. The number of amides is 1. The van der Waals surface area contributed by atoms with Crippen LogP contribution in [0.1, 0.15) is 30.5 Å². The number of halogens is 1. The molecule has 1 aliphatic heterocycles. The fourth-order valence-corrected chi connectivity index (χ4v) is 4.77. The summed E-state index contributed by atoms with van der Waals surface area (Å²) < 4.78 is 11.6.